The largest absolute Gasteiger partial charge is 0.493 e. The fourth-order valence-electron chi connectivity index (χ4n) is 2.26. The smallest absolute Gasteiger partial charge is 0.161 e. The summed E-state index contributed by atoms with van der Waals surface area (Å²) in [6.07, 6.45) is 0. The van der Waals surface area contributed by atoms with Gasteiger partial charge in [0, 0.05) is 19.0 Å². The van der Waals surface area contributed by atoms with Crippen molar-refractivity contribution < 1.29 is 9.47 Å². The zero-order valence-electron chi connectivity index (χ0n) is 14.8. The van der Waals surface area contributed by atoms with Gasteiger partial charge in [-0.05, 0) is 29.8 Å². The summed E-state index contributed by atoms with van der Waals surface area (Å²) in [5.74, 6) is 2.30. The molecular formula is C18H25N3O2. The molecular weight excluding hydrogens is 290 g/mol. The van der Waals surface area contributed by atoms with E-state index in [1.165, 1.54) is 0 Å². The Morgan fingerprint density at radius 1 is 0.957 bits per heavy atom. The highest BCUT2D eigenvalue weighted by molar-refractivity contribution is 5.45. The van der Waals surface area contributed by atoms with Gasteiger partial charge >= 0.3 is 0 Å². The average Bonchev–Trinajstić information content (AvgIpc) is 2.54. The third-order valence-electron chi connectivity index (χ3n) is 3.68. The zero-order chi connectivity index (χ0) is 17.0. The molecule has 0 spiro atoms. The van der Waals surface area contributed by atoms with Gasteiger partial charge in [0.05, 0.1) is 19.9 Å². The molecule has 0 radical (unpaired) electrons. The number of benzene rings is 1. The summed E-state index contributed by atoms with van der Waals surface area (Å²) in [6.45, 7) is 7.10. The first kappa shape index (κ1) is 17.1. The molecule has 0 aliphatic heterocycles. The van der Waals surface area contributed by atoms with E-state index in [4.69, 9.17) is 9.47 Å². The standard InChI is InChI=1S/C18H25N3O2/c1-18(2,3)16-9-10-17(20-19-16)21(4)12-13-7-8-14(22-5)15(11-13)23-6/h7-11H,12H2,1-6H3. The number of hydrogen-bond acceptors (Lipinski definition) is 5. The molecule has 0 aliphatic carbocycles. The lowest BCUT2D eigenvalue weighted by atomic mass is 9.92. The summed E-state index contributed by atoms with van der Waals surface area (Å²) in [6, 6.07) is 9.96. The normalized spacial score (nSPS) is 11.2. The third-order valence-corrected chi connectivity index (χ3v) is 3.68. The Labute approximate surface area is 138 Å². The van der Waals surface area contributed by atoms with Crippen molar-refractivity contribution in [3.63, 3.8) is 0 Å². The monoisotopic (exact) mass is 315 g/mol. The van der Waals surface area contributed by atoms with E-state index in [-0.39, 0.29) is 5.41 Å². The molecule has 5 heteroatoms. The number of anilines is 1. The molecule has 0 saturated heterocycles. The first-order valence-corrected chi connectivity index (χ1v) is 7.61. The Hall–Kier alpha value is -2.30. The van der Waals surface area contributed by atoms with Crippen LogP contribution in [0.4, 0.5) is 5.82 Å². The van der Waals surface area contributed by atoms with E-state index in [0.29, 0.717) is 6.54 Å². The Kier molecular flexibility index (Phi) is 5.08. The van der Waals surface area contributed by atoms with Gasteiger partial charge in [0.2, 0.25) is 0 Å². The molecule has 0 amide bonds. The first-order chi connectivity index (χ1) is 10.8. The molecule has 0 fully saturated rings. The average molecular weight is 315 g/mol. The van der Waals surface area contributed by atoms with Crippen molar-refractivity contribution in [3.8, 4) is 11.5 Å². The lowest BCUT2D eigenvalue weighted by molar-refractivity contribution is 0.354. The van der Waals surface area contributed by atoms with Gasteiger partial charge in [-0.15, -0.1) is 5.10 Å². The van der Waals surface area contributed by atoms with E-state index in [1.54, 1.807) is 14.2 Å². The van der Waals surface area contributed by atoms with E-state index < -0.39 is 0 Å². The number of hydrogen-bond donors (Lipinski definition) is 0. The summed E-state index contributed by atoms with van der Waals surface area (Å²) in [4.78, 5) is 2.06. The molecule has 1 aromatic heterocycles. The zero-order valence-corrected chi connectivity index (χ0v) is 14.8. The third kappa shape index (κ3) is 4.12. The van der Waals surface area contributed by atoms with Crippen LogP contribution in [0, 0.1) is 0 Å². The van der Waals surface area contributed by atoms with Gasteiger partial charge in [0.25, 0.3) is 0 Å². The van der Waals surface area contributed by atoms with Crippen LogP contribution in [0.1, 0.15) is 32.0 Å². The quantitative estimate of drug-likeness (QED) is 0.846. The second-order valence-electron chi connectivity index (χ2n) is 6.57. The van der Waals surface area contributed by atoms with Crippen molar-refractivity contribution in [1.82, 2.24) is 10.2 Å². The maximum absolute atomic E-state index is 5.35. The van der Waals surface area contributed by atoms with Crippen LogP contribution in [0.3, 0.4) is 0 Å². The van der Waals surface area contributed by atoms with Crippen LogP contribution in [0.25, 0.3) is 0 Å². The minimum absolute atomic E-state index is 0.00739. The number of nitrogens with zero attached hydrogens (tertiary/aromatic N) is 3. The summed E-state index contributed by atoms with van der Waals surface area (Å²) in [7, 11) is 5.27. The highest BCUT2D eigenvalue weighted by atomic mass is 16.5. The van der Waals surface area contributed by atoms with Crippen molar-refractivity contribution in [1.29, 1.82) is 0 Å². The molecule has 0 saturated carbocycles. The van der Waals surface area contributed by atoms with Crippen LogP contribution in [-0.2, 0) is 12.0 Å². The number of aromatic nitrogens is 2. The molecule has 23 heavy (non-hydrogen) atoms. The molecule has 2 rings (SSSR count). The fourth-order valence-corrected chi connectivity index (χ4v) is 2.26. The lowest BCUT2D eigenvalue weighted by Gasteiger charge is -2.21. The lowest BCUT2D eigenvalue weighted by Crippen LogP contribution is -2.20. The second-order valence-corrected chi connectivity index (χ2v) is 6.57. The molecule has 1 heterocycles. The summed E-state index contributed by atoms with van der Waals surface area (Å²) in [5.41, 5.74) is 2.11. The van der Waals surface area contributed by atoms with E-state index in [2.05, 4.69) is 35.9 Å². The van der Waals surface area contributed by atoms with Gasteiger partial charge in [0.1, 0.15) is 0 Å². The van der Waals surface area contributed by atoms with E-state index >= 15 is 0 Å². The van der Waals surface area contributed by atoms with Crippen LogP contribution >= 0.6 is 0 Å². The fraction of sp³-hybridized carbons (Fsp3) is 0.444. The van der Waals surface area contributed by atoms with Gasteiger partial charge < -0.3 is 14.4 Å². The summed E-state index contributed by atoms with van der Waals surface area (Å²) < 4.78 is 10.6. The minimum atomic E-state index is 0.00739. The maximum atomic E-state index is 5.35. The predicted molar refractivity (Wildman–Crippen MR) is 92.4 cm³/mol. The van der Waals surface area contributed by atoms with Crippen LogP contribution < -0.4 is 14.4 Å². The SMILES string of the molecule is COc1ccc(CN(C)c2ccc(C(C)(C)C)nn2)cc1OC. The molecule has 5 nitrogen and oxygen atoms in total. The molecule has 0 atom stereocenters. The van der Waals surface area contributed by atoms with Crippen LogP contribution in [0.5, 0.6) is 11.5 Å². The Balaban J connectivity index is 2.14. The van der Waals surface area contributed by atoms with Crippen molar-refractivity contribution in [3.05, 3.63) is 41.6 Å². The number of methoxy groups -OCH3 is 2. The highest BCUT2D eigenvalue weighted by Gasteiger charge is 2.16. The first-order valence-electron chi connectivity index (χ1n) is 7.61. The van der Waals surface area contributed by atoms with E-state index in [1.807, 2.05) is 37.4 Å². The summed E-state index contributed by atoms with van der Waals surface area (Å²) in [5, 5.41) is 8.67. The Morgan fingerprint density at radius 3 is 2.17 bits per heavy atom. The molecule has 0 N–H and O–H groups in total. The van der Waals surface area contributed by atoms with E-state index in [0.717, 1.165) is 28.6 Å². The van der Waals surface area contributed by atoms with Crippen LogP contribution in [0.15, 0.2) is 30.3 Å². The van der Waals surface area contributed by atoms with Gasteiger partial charge in [-0.25, -0.2) is 0 Å². The molecule has 0 aliphatic rings. The van der Waals surface area contributed by atoms with Gasteiger partial charge in [-0.1, -0.05) is 26.8 Å². The van der Waals surface area contributed by atoms with Crippen LogP contribution in [-0.4, -0.2) is 31.5 Å². The Bertz CT molecular complexity index is 648. The predicted octanol–water partition coefficient (Wildman–Crippen LogP) is 3.43. The van der Waals surface area contributed by atoms with Gasteiger partial charge in [-0.3, -0.25) is 0 Å². The number of rotatable bonds is 5. The molecule has 1 aromatic carbocycles. The number of ether oxygens (including phenoxy) is 2. The Morgan fingerprint density at radius 2 is 1.65 bits per heavy atom. The van der Waals surface area contributed by atoms with Crippen molar-refractivity contribution in [2.24, 2.45) is 0 Å². The molecule has 2 aromatic rings. The molecule has 0 unspecified atom stereocenters. The van der Waals surface area contributed by atoms with Gasteiger partial charge in [0.15, 0.2) is 17.3 Å². The van der Waals surface area contributed by atoms with Gasteiger partial charge in [-0.2, -0.15) is 5.10 Å². The topological polar surface area (TPSA) is 47.5 Å². The van der Waals surface area contributed by atoms with Crippen molar-refractivity contribution >= 4 is 5.82 Å². The highest BCUT2D eigenvalue weighted by Crippen LogP contribution is 2.28. The molecule has 124 valence electrons. The minimum Gasteiger partial charge on any atom is -0.493 e. The van der Waals surface area contributed by atoms with Crippen molar-refractivity contribution in [2.75, 3.05) is 26.2 Å². The molecule has 0 bridgehead atoms. The maximum Gasteiger partial charge on any atom is 0.161 e. The summed E-state index contributed by atoms with van der Waals surface area (Å²) >= 11 is 0. The van der Waals surface area contributed by atoms with Crippen LogP contribution in [0.2, 0.25) is 0 Å². The van der Waals surface area contributed by atoms with E-state index in [9.17, 15) is 0 Å². The van der Waals surface area contributed by atoms with Crippen molar-refractivity contribution in [2.45, 2.75) is 32.7 Å². The second kappa shape index (κ2) is 6.86.